The molecular weight excluding hydrogens is 276 g/mol. The van der Waals surface area contributed by atoms with Gasteiger partial charge in [0.15, 0.2) is 0 Å². The van der Waals surface area contributed by atoms with Gasteiger partial charge < -0.3 is 10.2 Å². The molecule has 0 aromatic heterocycles. The summed E-state index contributed by atoms with van der Waals surface area (Å²) in [4.78, 5) is 16.5. The van der Waals surface area contributed by atoms with Gasteiger partial charge in [0.1, 0.15) is 11.6 Å². The zero-order valence-corrected chi connectivity index (χ0v) is 12.4. The van der Waals surface area contributed by atoms with E-state index in [1.165, 1.54) is 0 Å². The SMILES string of the molecule is CC(CN1CCN(C)CC1)NC(=O)c1cc(F)ccc1F. The smallest absolute Gasteiger partial charge is 0.254 e. The van der Waals surface area contributed by atoms with Crippen LogP contribution < -0.4 is 5.32 Å². The van der Waals surface area contributed by atoms with Crippen molar-refractivity contribution in [2.24, 2.45) is 0 Å². The first-order chi connectivity index (χ1) is 9.95. The van der Waals surface area contributed by atoms with E-state index in [-0.39, 0.29) is 11.6 Å². The molecule has 0 radical (unpaired) electrons. The molecule has 1 unspecified atom stereocenters. The van der Waals surface area contributed by atoms with Gasteiger partial charge in [-0.2, -0.15) is 0 Å². The minimum absolute atomic E-state index is 0.122. The number of rotatable bonds is 4. The van der Waals surface area contributed by atoms with E-state index in [0.29, 0.717) is 6.54 Å². The zero-order valence-electron chi connectivity index (χ0n) is 12.4. The Hall–Kier alpha value is -1.53. The maximum atomic E-state index is 13.5. The number of carbonyl (C=O) groups excluding carboxylic acids is 1. The monoisotopic (exact) mass is 297 g/mol. The molecule has 0 aliphatic carbocycles. The molecule has 1 aliphatic rings. The largest absolute Gasteiger partial charge is 0.348 e. The average molecular weight is 297 g/mol. The summed E-state index contributed by atoms with van der Waals surface area (Å²) in [5.41, 5.74) is -0.250. The van der Waals surface area contributed by atoms with E-state index in [1.807, 2.05) is 6.92 Å². The number of benzene rings is 1. The van der Waals surface area contributed by atoms with Gasteiger partial charge in [0.25, 0.3) is 5.91 Å². The van der Waals surface area contributed by atoms with Crippen molar-refractivity contribution in [2.75, 3.05) is 39.8 Å². The van der Waals surface area contributed by atoms with Gasteiger partial charge >= 0.3 is 0 Å². The summed E-state index contributed by atoms with van der Waals surface area (Å²) in [7, 11) is 2.08. The number of hydrogen-bond donors (Lipinski definition) is 1. The molecule has 0 saturated carbocycles. The second-order valence-electron chi connectivity index (χ2n) is 5.60. The Kier molecular flexibility index (Phi) is 5.25. The quantitative estimate of drug-likeness (QED) is 0.911. The lowest BCUT2D eigenvalue weighted by Crippen LogP contribution is -2.49. The van der Waals surface area contributed by atoms with Gasteiger partial charge in [0, 0.05) is 38.8 Å². The molecule has 1 aliphatic heterocycles. The Morgan fingerprint density at radius 2 is 1.95 bits per heavy atom. The molecule has 1 aromatic rings. The van der Waals surface area contributed by atoms with Gasteiger partial charge in [-0.25, -0.2) is 8.78 Å². The number of carbonyl (C=O) groups is 1. The Morgan fingerprint density at radius 3 is 2.62 bits per heavy atom. The zero-order chi connectivity index (χ0) is 15.4. The Bertz CT molecular complexity index is 502. The molecule has 1 atom stereocenters. The number of amides is 1. The van der Waals surface area contributed by atoms with Gasteiger partial charge in [-0.3, -0.25) is 9.69 Å². The van der Waals surface area contributed by atoms with Crippen LogP contribution in [0, 0.1) is 11.6 Å². The lowest BCUT2D eigenvalue weighted by atomic mass is 10.1. The summed E-state index contributed by atoms with van der Waals surface area (Å²) in [6.07, 6.45) is 0. The van der Waals surface area contributed by atoms with Crippen LogP contribution in [0.1, 0.15) is 17.3 Å². The van der Waals surface area contributed by atoms with Crippen molar-refractivity contribution < 1.29 is 13.6 Å². The van der Waals surface area contributed by atoms with Crippen molar-refractivity contribution in [2.45, 2.75) is 13.0 Å². The van der Waals surface area contributed by atoms with Crippen LogP contribution in [0.2, 0.25) is 0 Å². The number of nitrogens with one attached hydrogen (secondary N) is 1. The molecule has 1 N–H and O–H groups in total. The second-order valence-corrected chi connectivity index (χ2v) is 5.60. The molecular formula is C15H21F2N3O. The summed E-state index contributed by atoms with van der Waals surface area (Å²) in [5, 5.41) is 2.72. The first-order valence-corrected chi connectivity index (χ1v) is 7.12. The molecule has 0 bridgehead atoms. The summed E-state index contributed by atoms with van der Waals surface area (Å²) in [5.74, 6) is -1.90. The highest BCUT2D eigenvalue weighted by Crippen LogP contribution is 2.10. The minimum Gasteiger partial charge on any atom is -0.348 e. The van der Waals surface area contributed by atoms with Crippen molar-refractivity contribution >= 4 is 5.91 Å². The summed E-state index contributed by atoms with van der Waals surface area (Å²) >= 11 is 0. The topological polar surface area (TPSA) is 35.6 Å². The van der Waals surface area contributed by atoms with Crippen molar-refractivity contribution in [3.63, 3.8) is 0 Å². The summed E-state index contributed by atoms with van der Waals surface area (Å²) in [6, 6.07) is 2.77. The molecule has 1 aromatic carbocycles. The van der Waals surface area contributed by atoms with E-state index < -0.39 is 17.5 Å². The highest BCUT2D eigenvalue weighted by atomic mass is 19.1. The van der Waals surface area contributed by atoms with Gasteiger partial charge in [0.2, 0.25) is 0 Å². The van der Waals surface area contributed by atoms with E-state index in [2.05, 4.69) is 22.2 Å². The van der Waals surface area contributed by atoms with Crippen molar-refractivity contribution in [3.05, 3.63) is 35.4 Å². The molecule has 0 spiro atoms. The molecule has 2 rings (SSSR count). The van der Waals surface area contributed by atoms with Gasteiger partial charge in [-0.15, -0.1) is 0 Å². The molecule has 1 heterocycles. The maximum absolute atomic E-state index is 13.5. The third kappa shape index (κ3) is 4.47. The third-order valence-corrected chi connectivity index (χ3v) is 3.68. The van der Waals surface area contributed by atoms with Crippen LogP contribution in [-0.2, 0) is 0 Å². The molecule has 116 valence electrons. The van der Waals surface area contributed by atoms with Crippen molar-refractivity contribution in [1.29, 1.82) is 0 Å². The summed E-state index contributed by atoms with van der Waals surface area (Å²) in [6.45, 7) is 6.47. The van der Waals surface area contributed by atoms with Crippen LogP contribution in [0.5, 0.6) is 0 Å². The predicted octanol–water partition coefficient (Wildman–Crippen LogP) is 1.33. The van der Waals surface area contributed by atoms with Crippen LogP contribution in [0.15, 0.2) is 18.2 Å². The van der Waals surface area contributed by atoms with Crippen LogP contribution in [-0.4, -0.2) is 61.5 Å². The van der Waals surface area contributed by atoms with E-state index >= 15 is 0 Å². The Labute approximate surface area is 123 Å². The van der Waals surface area contributed by atoms with E-state index in [0.717, 1.165) is 44.4 Å². The van der Waals surface area contributed by atoms with Crippen LogP contribution in [0.4, 0.5) is 8.78 Å². The van der Waals surface area contributed by atoms with Gasteiger partial charge in [0.05, 0.1) is 5.56 Å². The standard InChI is InChI=1S/C15H21F2N3O/c1-11(10-20-7-5-19(2)6-8-20)18-15(21)13-9-12(16)3-4-14(13)17/h3-4,9,11H,5-8,10H2,1-2H3,(H,18,21). The fourth-order valence-corrected chi connectivity index (χ4v) is 2.44. The molecule has 1 amide bonds. The van der Waals surface area contributed by atoms with Gasteiger partial charge in [-0.1, -0.05) is 0 Å². The first kappa shape index (κ1) is 15.9. The first-order valence-electron chi connectivity index (χ1n) is 7.12. The van der Waals surface area contributed by atoms with Crippen molar-refractivity contribution in [1.82, 2.24) is 15.1 Å². The lowest BCUT2D eigenvalue weighted by Gasteiger charge is -2.34. The lowest BCUT2D eigenvalue weighted by molar-refractivity contribution is 0.0910. The highest BCUT2D eigenvalue weighted by molar-refractivity contribution is 5.94. The maximum Gasteiger partial charge on any atom is 0.254 e. The normalized spacial score (nSPS) is 18.5. The average Bonchev–Trinajstić information content (AvgIpc) is 2.44. The number of likely N-dealkylation sites (N-methyl/N-ethyl adjacent to an activating group) is 1. The third-order valence-electron chi connectivity index (χ3n) is 3.68. The van der Waals surface area contributed by atoms with Gasteiger partial charge in [-0.05, 0) is 32.2 Å². The van der Waals surface area contributed by atoms with Crippen LogP contribution >= 0.6 is 0 Å². The fraction of sp³-hybridized carbons (Fsp3) is 0.533. The Morgan fingerprint density at radius 1 is 1.29 bits per heavy atom. The minimum atomic E-state index is -0.708. The van der Waals surface area contributed by atoms with E-state index in [1.54, 1.807) is 0 Å². The Balaban J connectivity index is 1.88. The molecule has 21 heavy (non-hydrogen) atoms. The molecule has 6 heteroatoms. The van der Waals surface area contributed by atoms with Crippen molar-refractivity contribution in [3.8, 4) is 0 Å². The molecule has 1 saturated heterocycles. The predicted molar refractivity (Wildman–Crippen MR) is 77.2 cm³/mol. The van der Waals surface area contributed by atoms with E-state index in [4.69, 9.17) is 0 Å². The molecule has 1 fully saturated rings. The second kappa shape index (κ2) is 6.95. The van der Waals surface area contributed by atoms with Crippen LogP contribution in [0.3, 0.4) is 0 Å². The number of nitrogens with zero attached hydrogens (tertiary/aromatic N) is 2. The highest BCUT2D eigenvalue weighted by Gasteiger charge is 2.19. The fourth-order valence-electron chi connectivity index (χ4n) is 2.44. The van der Waals surface area contributed by atoms with E-state index in [9.17, 15) is 13.6 Å². The van der Waals surface area contributed by atoms with Crippen LogP contribution in [0.25, 0.3) is 0 Å². The number of halogens is 2. The number of hydrogen-bond acceptors (Lipinski definition) is 3. The molecule has 4 nitrogen and oxygen atoms in total. The number of piperazine rings is 1. The summed E-state index contributed by atoms with van der Waals surface area (Å²) < 4.78 is 26.6.